The van der Waals surface area contributed by atoms with Gasteiger partial charge in [-0.25, -0.2) is 0 Å². The third-order valence-corrected chi connectivity index (χ3v) is 3.00. The van der Waals surface area contributed by atoms with E-state index in [2.05, 4.69) is 36.8 Å². The lowest BCUT2D eigenvalue weighted by Crippen LogP contribution is -1.86. The highest BCUT2D eigenvalue weighted by molar-refractivity contribution is 9.11. The van der Waals surface area contributed by atoms with Crippen LogP contribution in [0.4, 0.5) is 0 Å². The van der Waals surface area contributed by atoms with Gasteiger partial charge < -0.3 is 0 Å². The maximum Gasteiger partial charge on any atom is 0.151 e. The molecule has 0 saturated heterocycles. The van der Waals surface area contributed by atoms with Crippen LogP contribution in [0.1, 0.15) is 10.4 Å². The Morgan fingerprint density at radius 2 is 1.75 bits per heavy atom. The molecule has 1 aromatic carbocycles. The van der Waals surface area contributed by atoms with Crippen LogP contribution in [0.25, 0.3) is 11.3 Å². The van der Waals surface area contributed by atoms with Crippen LogP contribution < -0.4 is 0 Å². The summed E-state index contributed by atoms with van der Waals surface area (Å²) >= 11 is 6.85. The molecule has 0 amide bonds. The molecule has 0 aliphatic rings. The lowest BCUT2D eigenvalue weighted by Gasteiger charge is -2.02. The van der Waals surface area contributed by atoms with Crippen molar-refractivity contribution in [1.29, 1.82) is 0 Å². The minimum Gasteiger partial charge on any atom is -0.298 e. The second-order valence-electron chi connectivity index (χ2n) is 3.25. The summed E-state index contributed by atoms with van der Waals surface area (Å²) in [4.78, 5) is 14.7. The van der Waals surface area contributed by atoms with E-state index in [-0.39, 0.29) is 0 Å². The molecule has 2 rings (SSSR count). The topological polar surface area (TPSA) is 30.0 Å². The van der Waals surface area contributed by atoms with Crippen LogP contribution in [0, 0.1) is 0 Å². The van der Waals surface area contributed by atoms with Crippen LogP contribution in [-0.4, -0.2) is 11.3 Å². The Kier molecular flexibility index (Phi) is 3.51. The molecule has 0 radical (unpaired) electrons. The highest BCUT2D eigenvalue weighted by atomic mass is 79.9. The molecule has 0 unspecified atom stereocenters. The van der Waals surface area contributed by atoms with Gasteiger partial charge in [0, 0.05) is 26.3 Å². The summed E-state index contributed by atoms with van der Waals surface area (Å²) in [6, 6.07) is 9.51. The molecule has 1 aromatic heterocycles. The number of pyridine rings is 1. The molecule has 2 nitrogen and oxygen atoms in total. The minimum atomic E-state index is 0.581. The summed E-state index contributed by atoms with van der Waals surface area (Å²) < 4.78 is 1.97. The van der Waals surface area contributed by atoms with Gasteiger partial charge in [0.1, 0.15) is 0 Å². The Hall–Kier alpha value is -1.00. The van der Waals surface area contributed by atoms with E-state index in [9.17, 15) is 4.79 Å². The van der Waals surface area contributed by atoms with Crippen molar-refractivity contribution in [3.8, 4) is 11.3 Å². The first kappa shape index (κ1) is 11.5. The van der Waals surface area contributed by atoms with Gasteiger partial charge in [-0.05, 0) is 30.3 Å². The molecule has 0 spiro atoms. The van der Waals surface area contributed by atoms with E-state index in [1.54, 1.807) is 12.3 Å². The average molecular weight is 341 g/mol. The molecule has 16 heavy (non-hydrogen) atoms. The average Bonchev–Trinajstić information content (AvgIpc) is 2.28. The van der Waals surface area contributed by atoms with Crippen LogP contribution in [0.3, 0.4) is 0 Å². The summed E-state index contributed by atoms with van der Waals surface area (Å²) in [5.41, 5.74) is 2.42. The fourth-order valence-electron chi connectivity index (χ4n) is 1.35. The van der Waals surface area contributed by atoms with Crippen LogP contribution in [0.15, 0.2) is 45.5 Å². The summed E-state index contributed by atoms with van der Waals surface area (Å²) in [5, 5.41) is 0. The van der Waals surface area contributed by atoms with Crippen LogP contribution in [0.2, 0.25) is 0 Å². The first-order chi connectivity index (χ1) is 7.69. The Morgan fingerprint density at radius 3 is 2.25 bits per heavy atom. The van der Waals surface area contributed by atoms with Crippen molar-refractivity contribution in [3.05, 3.63) is 51.0 Å². The van der Waals surface area contributed by atoms with Crippen molar-refractivity contribution in [1.82, 2.24) is 4.98 Å². The molecule has 4 heteroatoms. The number of carbonyl (C=O) groups is 1. The molecular formula is C12H7Br2NO. The molecule has 2 aromatic rings. The van der Waals surface area contributed by atoms with Gasteiger partial charge in [-0.2, -0.15) is 0 Å². The zero-order valence-electron chi connectivity index (χ0n) is 8.15. The van der Waals surface area contributed by atoms with Crippen molar-refractivity contribution in [3.63, 3.8) is 0 Å². The molecule has 0 N–H and O–H groups in total. The fourth-order valence-corrected chi connectivity index (χ4v) is 2.64. The number of benzene rings is 1. The van der Waals surface area contributed by atoms with Crippen LogP contribution >= 0.6 is 31.9 Å². The monoisotopic (exact) mass is 339 g/mol. The predicted octanol–water partition coefficient (Wildman–Crippen LogP) is 4.09. The quantitative estimate of drug-likeness (QED) is 0.771. The zero-order chi connectivity index (χ0) is 11.5. The van der Waals surface area contributed by atoms with Crippen molar-refractivity contribution < 1.29 is 4.79 Å². The van der Waals surface area contributed by atoms with E-state index in [0.29, 0.717) is 5.56 Å². The lowest BCUT2D eigenvalue weighted by molar-refractivity contribution is 0.112. The molecular weight excluding hydrogens is 334 g/mol. The summed E-state index contributed by atoms with van der Waals surface area (Å²) in [6.45, 7) is 0. The maximum absolute atomic E-state index is 10.5. The molecule has 1 heterocycles. The number of rotatable bonds is 2. The molecule has 0 atom stereocenters. The SMILES string of the molecule is O=Cc1ccc(-c2cc(Br)cc(Br)c2)nc1. The Labute approximate surface area is 110 Å². The van der Waals surface area contributed by atoms with Gasteiger partial charge >= 0.3 is 0 Å². The number of halogens is 2. The third-order valence-electron chi connectivity index (χ3n) is 2.08. The number of hydrogen-bond donors (Lipinski definition) is 0. The first-order valence-corrected chi connectivity index (χ1v) is 6.15. The second kappa shape index (κ2) is 4.89. The third kappa shape index (κ3) is 2.57. The van der Waals surface area contributed by atoms with E-state index < -0.39 is 0 Å². The number of aromatic nitrogens is 1. The van der Waals surface area contributed by atoms with Gasteiger partial charge in [-0.1, -0.05) is 31.9 Å². The largest absolute Gasteiger partial charge is 0.298 e. The summed E-state index contributed by atoms with van der Waals surface area (Å²) in [7, 11) is 0. The minimum absolute atomic E-state index is 0.581. The molecule has 0 aliphatic heterocycles. The number of aldehydes is 1. The highest BCUT2D eigenvalue weighted by Crippen LogP contribution is 2.26. The fraction of sp³-hybridized carbons (Fsp3) is 0. The molecule has 0 bridgehead atoms. The number of carbonyl (C=O) groups excluding carboxylic acids is 1. The van der Waals surface area contributed by atoms with E-state index >= 15 is 0 Å². The summed E-state index contributed by atoms with van der Waals surface area (Å²) in [6.07, 6.45) is 2.35. The Balaban J connectivity index is 2.45. The molecule has 0 aliphatic carbocycles. The van der Waals surface area contributed by atoms with E-state index in [4.69, 9.17) is 0 Å². The molecule has 80 valence electrons. The Bertz CT molecular complexity index is 503. The van der Waals surface area contributed by atoms with Crippen LogP contribution in [0.5, 0.6) is 0 Å². The number of hydrogen-bond acceptors (Lipinski definition) is 2. The zero-order valence-corrected chi connectivity index (χ0v) is 11.3. The standard InChI is InChI=1S/C12H7Br2NO/c13-10-3-9(4-11(14)5-10)12-2-1-8(7-16)6-15-12/h1-7H. The van der Waals surface area contributed by atoms with Gasteiger partial charge in [0.05, 0.1) is 5.69 Å². The normalized spacial score (nSPS) is 10.1. The van der Waals surface area contributed by atoms with Crippen molar-refractivity contribution in [2.45, 2.75) is 0 Å². The molecule has 0 saturated carbocycles. The van der Waals surface area contributed by atoms with Crippen molar-refractivity contribution in [2.75, 3.05) is 0 Å². The van der Waals surface area contributed by atoms with Crippen LogP contribution in [-0.2, 0) is 0 Å². The van der Waals surface area contributed by atoms with Crippen molar-refractivity contribution in [2.24, 2.45) is 0 Å². The molecule has 0 fully saturated rings. The summed E-state index contributed by atoms with van der Waals surface area (Å²) in [5.74, 6) is 0. The van der Waals surface area contributed by atoms with Gasteiger partial charge in [-0.15, -0.1) is 0 Å². The van der Waals surface area contributed by atoms with Gasteiger partial charge in [0.25, 0.3) is 0 Å². The van der Waals surface area contributed by atoms with Crippen molar-refractivity contribution >= 4 is 38.1 Å². The maximum atomic E-state index is 10.5. The van der Waals surface area contributed by atoms with E-state index in [1.165, 1.54) is 0 Å². The second-order valence-corrected chi connectivity index (χ2v) is 5.08. The number of nitrogens with zero attached hydrogens (tertiary/aromatic N) is 1. The first-order valence-electron chi connectivity index (χ1n) is 4.57. The van der Waals surface area contributed by atoms with Gasteiger partial charge in [0.15, 0.2) is 6.29 Å². The highest BCUT2D eigenvalue weighted by Gasteiger charge is 2.02. The van der Waals surface area contributed by atoms with Gasteiger partial charge in [-0.3, -0.25) is 9.78 Å². The predicted molar refractivity (Wildman–Crippen MR) is 70.5 cm³/mol. The smallest absolute Gasteiger partial charge is 0.151 e. The van der Waals surface area contributed by atoms with E-state index in [1.807, 2.05) is 24.3 Å². The van der Waals surface area contributed by atoms with Gasteiger partial charge in [0.2, 0.25) is 0 Å². The lowest BCUT2D eigenvalue weighted by atomic mass is 10.1. The Morgan fingerprint density at radius 1 is 1.06 bits per heavy atom. The van der Waals surface area contributed by atoms with E-state index in [0.717, 1.165) is 26.5 Å².